The molecule has 1 aliphatic heterocycles. The molecule has 1 N–H and O–H groups in total. The minimum atomic E-state index is -0.890. The van der Waals surface area contributed by atoms with Gasteiger partial charge in [-0.2, -0.15) is 5.10 Å². The molecule has 3 unspecified atom stereocenters. The molecule has 25 heavy (non-hydrogen) atoms. The summed E-state index contributed by atoms with van der Waals surface area (Å²) in [6, 6.07) is 4.66. The zero-order valence-corrected chi connectivity index (χ0v) is 14.0. The van der Waals surface area contributed by atoms with Gasteiger partial charge in [0.25, 0.3) is 5.91 Å². The molecule has 130 valence electrons. The number of aromatic nitrogens is 3. The van der Waals surface area contributed by atoms with Gasteiger partial charge in [0.15, 0.2) is 0 Å². The van der Waals surface area contributed by atoms with Crippen LogP contribution in [0, 0.1) is 18.8 Å². The Labute approximate surface area is 145 Å². The van der Waals surface area contributed by atoms with Crippen LogP contribution in [-0.2, 0) is 4.79 Å². The number of fused-ring (bicyclic) bond motifs is 1. The first kappa shape index (κ1) is 15.8. The molecular formula is C18H20N4O3. The Balaban J connectivity index is 1.62. The number of hydrogen-bond acceptors (Lipinski definition) is 4. The third-order valence-corrected chi connectivity index (χ3v) is 5.51. The Bertz CT molecular complexity index is 818. The van der Waals surface area contributed by atoms with E-state index in [2.05, 4.69) is 10.1 Å². The van der Waals surface area contributed by atoms with E-state index in [4.69, 9.17) is 0 Å². The number of carbonyl (C=O) groups excluding carboxylic acids is 1. The average molecular weight is 340 g/mol. The van der Waals surface area contributed by atoms with Gasteiger partial charge in [-0.05, 0) is 55.4 Å². The molecule has 7 nitrogen and oxygen atoms in total. The lowest BCUT2D eigenvalue weighted by Crippen LogP contribution is -2.43. The fourth-order valence-corrected chi connectivity index (χ4v) is 4.37. The van der Waals surface area contributed by atoms with E-state index in [0.29, 0.717) is 18.0 Å². The van der Waals surface area contributed by atoms with E-state index >= 15 is 0 Å². The summed E-state index contributed by atoms with van der Waals surface area (Å²) in [5, 5.41) is 13.7. The van der Waals surface area contributed by atoms with E-state index in [1.54, 1.807) is 28.0 Å². The maximum atomic E-state index is 13.0. The van der Waals surface area contributed by atoms with Gasteiger partial charge in [-0.1, -0.05) is 6.42 Å². The molecule has 0 spiro atoms. The first-order valence-electron chi connectivity index (χ1n) is 8.55. The van der Waals surface area contributed by atoms with E-state index < -0.39 is 12.0 Å². The van der Waals surface area contributed by atoms with Crippen LogP contribution in [0.4, 0.5) is 0 Å². The standard InChI is InChI=1S/C18H20N4O3/c1-11-7-12(5-6-15(11)22-10-19-9-20-22)17(23)21-8-13-3-2-4-14(13)16(21)18(24)25/h5-7,9-10,13-14,16H,2-4,8H2,1H3,(H,24,25). The van der Waals surface area contributed by atoms with Crippen molar-refractivity contribution >= 4 is 11.9 Å². The highest BCUT2D eigenvalue weighted by Crippen LogP contribution is 2.42. The summed E-state index contributed by atoms with van der Waals surface area (Å²) in [6.45, 7) is 2.45. The summed E-state index contributed by atoms with van der Waals surface area (Å²) >= 11 is 0. The molecule has 2 aliphatic rings. The molecule has 1 aromatic carbocycles. The van der Waals surface area contributed by atoms with Crippen LogP contribution in [0.3, 0.4) is 0 Å². The van der Waals surface area contributed by atoms with Crippen LogP contribution in [0.25, 0.3) is 5.69 Å². The van der Waals surface area contributed by atoms with Gasteiger partial charge in [0.05, 0.1) is 5.69 Å². The minimum Gasteiger partial charge on any atom is -0.480 e. The third-order valence-electron chi connectivity index (χ3n) is 5.51. The molecular weight excluding hydrogens is 320 g/mol. The Hall–Kier alpha value is -2.70. The average Bonchev–Trinajstić information content (AvgIpc) is 3.30. The van der Waals surface area contributed by atoms with Crippen LogP contribution in [0.15, 0.2) is 30.9 Å². The molecule has 1 aliphatic carbocycles. The van der Waals surface area contributed by atoms with Gasteiger partial charge >= 0.3 is 5.97 Å². The second kappa shape index (κ2) is 5.98. The molecule has 1 amide bonds. The highest BCUT2D eigenvalue weighted by atomic mass is 16.4. The van der Waals surface area contributed by atoms with Gasteiger partial charge in [0.1, 0.15) is 18.7 Å². The molecule has 1 saturated carbocycles. The molecule has 2 heterocycles. The number of likely N-dealkylation sites (tertiary alicyclic amines) is 1. The number of benzene rings is 1. The normalized spacial score (nSPS) is 25.2. The van der Waals surface area contributed by atoms with Crippen LogP contribution in [0.2, 0.25) is 0 Å². The number of rotatable bonds is 3. The van der Waals surface area contributed by atoms with Gasteiger partial charge < -0.3 is 10.0 Å². The minimum absolute atomic E-state index is 0.0944. The van der Waals surface area contributed by atoms with Crippen molar-refractivity contribution in [2.24, 2.45) is 11.8 Å². The topological polar surface area (TPSA) is 88.3 Å². The van der Waals surface area contributed by atoms with Crippen molar-refractivity contribution in [3.63, 3.8) is 0 Å². The molecule has 0 bridgehead atoms. The Morgan fingerprint density at radius 3 is 2.80 bits per heavy atom. The number of aryl methyl sites for hydroxylation is 1. The van der Waals surface area contributed by atoms with E-state index in [0.717, 1.165) is 30.5 Å². The summed E-state index contributed by atoms with van der Waals surface area (Å²) in [5.74, 6) is -0.675. The van der Waals surface area contributed by atoms with Crippen LogP contribution in [0.1, 0.15) is 35.2 Å². The van der Waals surface area contributed by atoms with Gasteiger partial charge in [-0.3, -0.25) is 4.79 Å². The summed E-state index contributed by atoms with van der Waals surface area (Å²) in [7, 11) is 0. The Morgan fingerprint density at radius 2 is 2.12 bits per heavy atom. The zero-order valence-electron chi connectivity index (χ0n) is 14.0. The lowest BCUT2D eigenvalue weighted by Gasteiger charge is -2.24. The number of carboxylic acid groups (broad SMARTS) is 1. The monoisotopic (exact) mass is 340 g/mol. The second-order valence-corrected chi connectivity index (χ2v) is 6.94. The number of aliphatic carboxylic acids is 1. The van der Waals surface area contributed by atoms with Gasteiger partial charge in [0.2, 0.25) is 0 Å². The summed E-state index contributed by atoms with van der Waals surface area (Å²) < 4.78 is 1.64. The lowest BCUT2D eigenvalue weighted by molar-refractivity contribution is -0.142. The van der Waals surface area contributed by atoms with Crippen molar-refractivity contribution in [2.45, 2.75) is 32.2 Å². The lowest BCUT2D eigenvalue weighted by atomic mass is 9.94. The van der Waals surface area contributed by atoms with Crippen LogP contribution < -0.4 is 0 Å². The van der Waals surface area contributed by atoms with E-state index in [9.17, 15) is 14.7 Å². The SMILES string of the molecule is Cc1cc(C(=O)N2CC3CCCC3C2C(=O)O)ccc1-n1cncn1. The number of hydrogen-bond donors (Lipinski definition) is 1. The van der Waals surface area contributed by atoms with Gasteiger partial charge in [0, 0.05) is 12.1 Å². The van der Waals surface area contributed by atoms with Gasteiger partial charge in [-0.15, -0.1) is 0 Å². The Morgan fingerprint density at radius 1 is 1.28 bits per heavy atom. The third kappa shape index (κ3) is 2.59. The Kier molecular flexibility index (Phi) is 3.78. The highest BCUT2D eigenvalue weighted by molar-refractivity contribution is 5.97. The fourth-order valence-electron chi connectivity index (χ4n) is 4.37. The van der Waals surface area contributed by atoms with Crippen molar-refractivity contribution in [3.05, 3.63) is 42.0 Å². The second-order valence-electron chi connectivity index (χ2n) is 6.94. The first-order chi connectivity index (χ1) is 12.1. The molecule has 0 radical (unpaired) electrons. The first-order valence-corrected chi connectivity index (χ1v) is 8.55. The number of amides is 1. The summed E-state index contributed by atoms with van der Waals surface area (Å²) in [6.07, 6.45) is 6.04. The van der Waals surface area contributed by atoms with Crippen molar-refractivity contribution in [1.82, 2.24) is 19.7 Å². The summed E-state index contributed by atoms with van der Waals surface area (Å²) in [4.78, 5) is 30.2. The molecule has 1 aromatic heterocycles. The van der Waals surface area contributed by atoms with Crippen molar-refractivity contribution in [1.29, 1.82) is 0 Å². The van der Waals surface area contributed by atoms with Crippen molar-refractivity contribution in [3.8, 4) is 5.69 Å². The summed E-state index contributed by atoms with van der Waals surface area (Å²) in [5.41, 5.74) is 2.26. The molecule has 2 aromatic rings. The number of carboxylic acids is 1. The molecule has 4 rings (SSSR count). The maximum absolute atomic E-state index is 13.0. The highest BCUT2D eigenvalue weighted by Gasteiger charge is 2.49. The van der Waals surface area contributed by atoms with Crippen LogP contribution in [-0.4, -0.2) is 49.2 Å². The largest absolute Gasteiger partial charge is 0.480 e. The van der Waals surface area contributed by atoms with Gasteiger partial charge in [-0.25, -0.2) is 14.5 Å². The van der Waals surface area contributed by atoms with Crippen molar-refractivity contribution in [2.75, 3.05) is 6.54 Å². The molecule has 7 heteroatoms. The predicted molar refractivity (Wildman–Crippen MR) is 89.4 cm³/mol. The molecule has 2 fully saturated rings. The fraction of sp³-hybridized carbons (Fsp3) is 0.444. The number of nitrogens with zero attached hydrogens (tertiary/aromatic N) is 4. The van der Waals surface area contributed by atoms with E-state index in [1.165, 1.54) is 6.33 Å². The quantitative estimate of drug-likeness (QED) is 0.922. The predicted octanol–water partition coefficient (Wildman–Crippen LogP) is 1.90. The maximum Gasteiger partial charge on any atom is 0.326 e. The van der Waals surface area contributed by atoms with Crippen molar-refractivity contribution < 1.29 is 14.7 Å². The van der Waals surface area contributed by atoms with E-state index in [-0.39, 0.29) is 11.8 Å². The number of carbonyl (C=O) groups is 2. The van der Waals surface area contributed by atoms with Crippen LogP contribution in [0.5, 0.6) is 0 Å². The van der Waals surface area contributed by atoms with Crippen LogP contribution >= 0.6 is 0 Å². The smallest absolute Gasteiger partial charge is 0.326 e. The molecule has 3 atom stereocenters. The zero-order chi connectivity index (χ0) is 17.6. The molecule has 1 saturated heterocycles. The van der Waals surface area contributed by atoms with E-state index in [1.807, 2.05) is 13.0 Å².